The van der Waals surface area contributed by atoms with Gasteiger partial charge in [0.2, 0.25) is 0 Å². The summed E-state index contributed by atoms with van der Waals surface area (Å²) in [6.45, 7) is 16.7. The Morgan fingerprint density at radius 2 is 1.60 bits per heavy atom. The van der Waals surface area contributed by atoms with E-state index >= 15 is 0 Å². The van der Waals surface area contributed by atoms with Crippen molar-refractivity contribution in [3.8, 4) is 0 Å². The van der Waals surface area contributed by atoms with Gasteiger partial charge < -0.3 is 4.74 Å². The van der Waals surface area contributed by atoms with Crippen molar-refractivity contribution in [3.05, 3.63) is 0 Å². The second-order valence-corrected chi connectivity index (χ2v) is 6.65. The van der Waals surface area contributed by atoms with Crippen LogP contribution in [0.3, 0.4) is 0 Å². The topological polar surface area (TPSA) is 9.23 Å². The van der Waals surface area contributed by atoms with Crippen LogP contribution in [0.1, 0.15) is 67.7 Å². The highest BCUT2D eigenvalue weighted by atomic mass is 16.5. The molecule has 1 heteroatoms. The fourth-order valence-electron chi connectivity index (χ4n) is 2.07. The molecule has 0 heterocycles. The van der Waals surface area contributed by atoms with Gasteiger partial charge in [-0.1, -0.05) is 41.0 Å². The lowest BCUT2D eigenvalue weighted by molar-refractivity contribution is -0.0473. The van der Waals surface area contributed by atoms with Gasteiger partial charge >= 0.3 is 0 Å². The minimum absolute atomic E-state index is 0.0196. The summed E-state index contributed by atoms with van der Waals surface area (Å²) < 4.78 is 5.98. The highest BCUT2D eigenvalue weighted by molar-refractivity contribution is 4.76. The number of rotatable bonds is 6. The van der Waals surface area contributed by atoms with E-state index in [1.165, 1.54) is 12.8 Å². The molecule has 1 atom stereocenters. The molecule has 0 fully saturated rings. The van der Waals surface area contributed by atoms with Gasteiger partial charge in [-0.05, 0) is 38.0 Å². The molecular weight excluding hydrogens is 184 g/mol. The molecular formula is C14H30O. The van der Waals surface area contributed by atoms with Crippen molar-refractivity contribution in [2.24, 2.45) is 11.3 Å². The van der Waals surface area contributed by atoms with Crippen LogP contribution in [0.5, 0.6) is 0 Å². The molecule has 0 aliphatic carbocycles. The van der Waals surface area contributed by atoms with E-state index in [9.17, 15) is 0 Å². The minimum Gasteiger partial charge on any atom is -0.376 e. The lowest BCUT2D eigenvalue weighted by Crippen LogP contribution is -2.31. The molecule has 0 aromatic heterocycles. The molecule has 0 radical (unpaired) electrons. The highest BCUT2D eigenvalue weighted by Gasteiger charge is 2.25. The van der Waals surface area contributed by atoms with Crippen molar-refractivity contribution < 1.29 is 4.74 Å². The van der Waals surface area contributed by atoms with Gasteiger partial charge in [-0.25, -0.2) is 0 Å². The van der Waals surface area contributed by atoms with Crippen LogP contribution < -0.4 is 0 Å². The van der Waals surface area contributed by atoms with E-state index in [1.807, 2.05) is 0 Å². The molecule has 0 rings (SSSR count). The molecule has 1 nitrogen and oxygen atoms in total. The van der Waals surface area contributed by atoms with E-state index in [0.29, 0.717) is 5.41 Å². The van der Waals surface area contributed by atoms with Crippen LogP contribution in [-0.4, -0.2) is 12.2 Å². The monoisotopic (exact) mass is 214 g/mol. The van der Waals surface area contributed by atoms with Gasteiger partial charge in [-0.15, -0.1) is 0 Å². The van der Waals surface area contributed by atoms with E-state index < -0.39 is 0 Å². The smallest absolute Gasteiger partial charge is 0.0631 e. The molecule has 1 unspecified atom stereocenters. The zero-order valence-corrected chi connectivity index (χ0v) is 11.8. The van der Waals surface area contributed by atoms with Crippen LogP contribution in [0.15, 0.2) is 0 Å². The first-order chi connectivity index (χ1) is 6.66. The maximum atomic E-state index is 5.98. The molecule has 0 saturated carbocycles. The van der Waals surface area contributed by atoms with Crippen LogP contribution in [0.4, 0.5) is 0 Å². The zero-order chi connectivity index (χ0) is 12.1. The predicted molar refractivity (Wildman–Crippen MR) is 68.2 cm³/mol. The first-order valence-corrected chi connectivity index (χ1v) is 6.30. The van der Waals surface area contributed by atoms with Gasteiger partial charge in [0.1, 0.15) is 0 Å². The molecule has 0 aliphatic rings. The Kier molecular flexibility index (Phi) is 5.87. The Labute approximate surface area is 96.6 Å². The number of hydrogen-bond donors (Lipinski definition) is 0. The summed E-state index contributed by atoms with van der Waals surface area (Å²) in [5.41, 5.74) is 0.367. The first kappa shape index (κ1) is 15.0. The Balaban J connectivity index is 3.84. The molecule has 92 valence electrons. The van der Waals surface area contributed by atoms with E-state index in [4.69, 9.17) is 4.74 Å². The van der Waals surface area contributed by atoms with E-state index in [2.05, 4.69) is 48.5 Å². The molecule has 0 spiro atoms. The summed E-state index contributed by atoms with van der Waals surface area (Å²) in [5, 5.41) is 0. The lowest BCUT2D eigenvalue weighted by atomic mass is 9.83. The Morgan fingerprint density at radius 1 is 1.07 bits per heavy atom. The lowest BCUT2D eigenvalue weighted by Gasteiger charge is -2.32. The van der Waals surface area contributed by atoms with Gasteiger partial charge in [0.05, 0.1) is 5.60 Å². The van der Waals surface area contributed by atoms with Gasteiger partial charge in [0, 0.05) is 6.61 Å². The summed E-state index contributed by atoms with van der Waals surface area (Å²) in [5.74, 6) is 0.787. The maximum Gasteiger partial charge on any atom is 0.0631 e. The third kappa shape index (κ3) is 8.92. The van der Waals surface area contributed by atoms with Crippen LogP contribution >= 0.6 is 0 Å². The summed E-state index contributed by atoms with van der Waals surface area (Å²) in [7, 11) is 0. The molecule has 0 aliphatic heterocycles. The summed E-state index contributed by atoms with van der Waals surface area (Å²) in [4.78, 5) is 0. The average molecular weight is 214 g/mol. The van der Waals surface area contributed by atoms with Crippen LogP contribution in [0.25, 0.3) is 0 Å². The molecule has 0 aromatic rings. The van der Waals surface area contributed by atoms with Gasteiger partial charge in [0.15, 0.2) is 0 Å². The van der Waals surface area contributed by atoms with Gasteiger partial charge in [0.25, 0.3) is 0 Å². The number of hydrogen-bond acceptors (Lipinski definition) is 1. The third-order valence-corrected chi connectivity index (χ3v) is 2.76. The van der Waals surface area contributed by atoms with Crippen molar-refractivity contribution >= 4 is 0 Å². The van der Waals surface area contributed by atoms with E-state index in [-0.39, 0.29) is 5.60 Å². The molecule has 0 amide bonds. The van der Waals surface area contributed by atoms with Crippen molar-refractivity contribution in [2.75, 3.05) is 6.61 Å². The van der Waals surface area contributed by atoms with Crippen LogP contribution in [0, 0.1) is 11.3 Å². The quantitative estimate of drug-likeness (QED) is 0.625. The summed E-state index contributed by atoms with van der Waals surface area (Å²) in [6, 6.07) is 0. The van der Waals surface area contributed by atoms with Crippen molar-refractivity contribution in [1.82, 2.24) is 0 Å². The summed E-state index contributed by atoms with van der Waals surface area (Å²) >= 11 is 0. The van der Waals surface area contributed by atoms with Gasteiger partial charge in [-0.3, -0.25) is 0 Å². The predicted octanol–water partition coefficient (Wildman–Crippen LogP) is 4.65. The molecule has 0 N–H and O–H groups in total. The fraction of sp³-hybridized carbons (Fsp3) is 1.00. The van der Waals surface area contributed by atoms with E-state index in [0.717, 1.165) is 18.9 Å². The van der Waals surface area contributed by atoms with Crippen molar-refractivity contribution in [3.63, 3.8) is 0 Å². The Hall–Kier alpha value is -0.0400. The standard InChI is InChI=1S/C14H30O/c1-8-12(2)9-10-15-14(6,7)11-13(3,4)5/h12H,8-11H2,1-7H3. The average Bonchev–Trinajstić information content (AvgIpc) is 1.98. The third-order valence-electron chi connectivity index (χ3n) is 2.76. The summed E-state index contributed by atoms with van der Waals surface area (Å²) in [6.07, 6.45) is 3.55. The minimum atomic E-state index is 0.0196. The molecule has 0 aromatic carbocycles. The number of ether oxygens (including phenoxy) is 1. The van der Waals surface area contributed by atoms with Crippen molar-refractivity contribution in [1.29, 1.82) is 0 Å². The molecule has 15 heavy (non-hydrogen) atoms. The van der Waals surface area contributed by atoms with Gasteiger partial charge in [-0.2, -0.15) is 0 Å². The molecule has 0 bridgehead atoms. The largest absolute Gasteiger partial charge is 0.376 e. The van der Waals surface area contributed by atoms with E-state index in [1.54, 1.807) is 0 Å². The van der Waals surface area contributed by atoms with Crippen LogP contribution in [0.2, 0.25) is 0 Å². The zero-order valence-electron chi connectivity index (χ0n) is 11.8. The Morgan fingerprint density at radius 3 is 2.00 bits per heavy atom. The highest BCUT2D eigenvalue weighted by Crippen LogP contribution is 2.29. The van der Waals surface area contributed by atoms with Crippen LogP contribution in [-0.2, 0) is 4.74 Å². The first-order valence-electron chi connectivity index (χ1n) is 6.30. The molecule has 0 saturated heterocycles. The second-order valence-electron chi connectivity index (χ2n) is 6.65. The fourth-order valence-corrected chi connectivity index (χ4v) is 2.07. The second kappa shape index (κ2) is 5.89. The SMILES string of the molecule is CCC(C)CCOC(C)(C)CC(C)(C)C. The maximum absolute atomic E-state index is 5.98. The Bertz CT molecular complexity index is 165. The normalized spacial score (nSPS) is 15.4. The van der Waals surface area contributed by atoms with Crippen molar-refractivity contribution in [2.45, 2.75) is 73.3 Å².